The van der Waals surface area contributed by atoms with Gasteiger partial charge in [0.2, 0.25) is 5.91 Å². The van der Waals surface area contributed by atoms with E-state index in [0.29, 0.717) is 37.6 Å². The van der Waals surface area contributed by atoms with Crippen LogP contribution in [-0.4, -0.2) is 37.5 Å². The summed E-state index contributed by atoms with van der Waals surface area (Å²) in [6.45, 7) is 2.89. The molecule has 6 nitrogen and oxygen atoms in total. The number of rotatable bonds is 6. The van der Waals surface area contributed by atoms with Crippen LogP contribution in [0.5, 0.6) is 5.75 Å². The van der Waals surface area contributed by atoms with E-state index in [2.05, 4.69) is 21.1 Å². The summed E-state index contributed by atoms with van der Waals surface area (Å²) in [6.07, 6.45) is 1.61. The minimum atomic E-state index is -4.78. The lowest BCUT2D eigenvalue weighted by Crippen LogP contribution is -2.44. The number of aliphatic imine (C=N–C) groups is 1. The summed E-state index contributed by atoms with van der Waals surface area (Å²) in [4.78, 5) is 17.8. The molecule has 1 unspecified atom stereocenters. The van der Waals surface area contributed by atoms with Crippen LogP contribution in [-0.2, 0) is 14.9 Å². The summed E-state index contributed by atoms with van der Waals surface area (Å²) in [6, 6.07) is 12.9. The number of nitrogens with zero attached hydrogens (tertiary/aromatic N) is 1. The second kappa shape index (κ2) is 10.7. The molecule has 0 bridgehead atoms. The van der Waals surface area contributed by atoms with Gasteiger partial charge in [0, 0.05) is 31.0 Å². The van der Waals surface area contributed by atoms with E-state index in [1.165, 1.54) is 24.3 Å². The van der Waals surface area contributed by atoms with Crippen molar-refractivity contribution in [2.24, 2.45) is 10.9 Å². The monoisotopic (exact) mass is 499 g/mol. The first-order chi connectivity index (χ1) is 17.2. The van der Waals surface area contributed by atoms with Crippen LogP contribution in [0.15, 0.2) is 59.6 Å². The Morgan fingerprint density at radius 2 is 1.81 bits per heavy atom. The lowest BCUT2D eigenvalue weighted by molar-refractivity contribution is -0.274. The summed E-state index contributed by atoms with van der Waals surface area (Å²) in [5.41, 5.74) is 2.28. The highest BCUT2D eigenvalue weighted by Crippen LogP contribution is 2.37. The van der Waals surface area contributed by atoms with Gasteiger partial charge >= 0.3 is 6.36 Å². The van der Waals surface area contributed by atoms with Gasteiger partial charge in [-0.2, -0.15) is 0 Å². The minimum absolute atomic E-state index is 0.112. The molecule has 2 aromatic carbocycles. The lowest BCUT2D eigenvalue weighted by atomic mass is 9.73. The van der Waals surface area contributed by atoms with Gasteiger partial charge in [0.15, 0.2) is 0 Å². The van der Waals surface area contributed by atoms with Crippen LogP contribution >= 0.6 is 0 Å². The lowest BCUT2D eigenvalue weighted by Gasteiger charge is -2.36. The largest absolute Gasteiger partial charge is 0.573 e. The number of amides is 1. The van der Waals surface area contributed by atoms with Crippen LogP contribution in [0.3, 0.4) is 0 Å². The maximum Gasteiger partial charge on any atom is 0.573 e. The predicted octanol–water partition coefficient (Wildman–Crippen LogP) is 6.13. The number of carbonyl (C=O) groups is 1. The van der Waals surface area contributed by atoms with E-state index in [1.807, 2.05) is 31.2 Å². The number of alkyl halides is 3. The molecule has 2 N–H and O–H groups in total. The summed E-state index contributed by atoms with van der Waals surface area (Å²) < 4.78 is 46.7. The maximum absolute atomic E-state index is 13.5. The zero-order chi connectivity index (χ0) is 25.8. The Morgan fingerprint density at radius 3 is 2.42 bits per heavy atom. The Labute approximate surface area is 207 Å². The van der Waals surface area contributed by atoms with E-state index in [4.69, 9.17) is 10.1 Å². The quantitative estimate of drug-likeness (QED) is 0.501. The Bertz CT molecular complexity index is 1150. The molecule has 1 amide bonds. The van der Waals surface area contributed by atoms with Crippen molar-refractivity contribution < 1.29 is 27.4 Å². The number of nitrogens with one attached hydrogen (secondary N) is 2. The van der Waals surface area contributed by atoms with Crippen molar-refractivity contribution in [3.8, 4) is 5.75 Å². The summed E-state index contributed by atoms with van der Waals surface area (Å²) in [5, 5.41) is 10.9. The zero-order valence-corrected chi connectivity index (χ0v) is 19.9. The SMILES string of the molecule is CCC1CC=C(c2ccc(C3(C(=O)Nc4ccc(OC(F)(F)F)cc4)CCOCC3)cc2)C=NC1=N. The van der Waals surface area contributed by atoms with Crippen LogP contribution in [0.4, 0.5) is 18.9 Å². The van der Waals surface area contributed by atoms with Crippen LogP contribution < -0.4 is 10.1 Å². The van der Waals surface area contributed by atoms with Crippen molar-refractivity contribution in [2.45, 2.75) is 44.4 Å². The molecular weight excluding hydrogens is 471 g/mol. The normalized spacial score (nSPS) is 19.8. The minimum Gasteiger partial charge on any atom is -0.406 e. The first-order valence-corrected chi connectivity index (χ1v) is 11.9. The van der Waals surface area contributed by atoms with Crippen molar-refractivity contribution in [1.82, 2.24) is 0 Å². The second-order valence-corrected chi connectivity index (χ2v) is 8.94. The molecule has 1 saturated heterocycles. The van der Waals surface area contributed by atoms with Gasteiger partial charge in [-0.3, -0.25) is 10.2 Å². The molecule has 1 atom stereocenters. The number of anilines is 1. The number of allylic oxidation sites excluding steroid dienone is 2. The standard InChI is InChI=1S/C27H28F3N3O3/c1-2-18-3-4-20(17-32-24(18)31)19-5-7-21(8-6-19)26(13-15-35-16-14-26)25(34)33-22-9-11-23(12-10-22)36-27(28,29)30/h4-12,17-18,31H,2-3,13-16H2,1H3,(H,33,34). The van der Waals surface area contributed by atoms with Crippen LogP contribution in [0.1, 0.15) is 43.7 Å². The smallest absolute Gasteiger partial charge is 0.406 e. The van der Waals surface area contributed by atoms with Crippen LogP contribution in [0, 0.1) is 11.3 Å². The number of amidine groups is 1. The van der Waals surface area contributed by atoms with Gasteiger partial charge in [-0.15, -0.1) is 13.2 Å². The summed E-state index contributed by atoms with van der Waals surface area (Å²) in [7, 11) is 0. The molecular formula is C27H28F3N3O3. The molecule has 0 aromatic heterocycles. The van der Waals surface area contributed by atoms with Gasteiger partial charge in [0.25, 0.3) is 0 Å². The molecule has 1 fully saturated rings. The third-order valence-electron chi connectivity index (χ3n) is 6.74. The molecule has 9 heteroatoms. The third-order valence-corrected chi connectivity index (χ3v) is 6.74. The fourth-order valence-corrected chi connectivity index (χ4v) is 4.57. The first kappa shape index (κ1) is 25.6. The Balaban J connectivity index is 1.54. The summed E-state index contributed by atoms with van der Waals surface area (Å²) >= 11 is 0. The number of benzene rings is 2. The highest BCUT2D eigenvalue weighted by Gasteiger charge is 2.42. The molecule has 0 spiro atoms. The average molecular weight is 500 g/mol. The molecule has 2 aliphatic rings. The van der Waals surface area contributed by atoms with Crippen molar-refractivity contribution >= 4 is 29.2 Å². The molecule has 2 aliphatic heterocycles. The average Bonchev–Trinajstić information content (AvgIpc) is 3.06. The Hall–Kier alpha value is -3.46. The van der Waals surface area contributed by atoms with E-state index in [9.17, 15) is 18.0 Å². The molecule has 0 saturated carbocycles. The van der Waals surface area contributed by atoms with Crippen LogP contribution in [0.25, 0.3) is 5.57 Å². The van der Waals surface area contributed by atoms with Gasteiger partial charge in [-0.1, -0.05) is 37.3 Å². The van der Waals surface area contributed by atoms with Gasteiger partial charge in [0.05, 0.1) is 5.41 Å². The number of hydrogen-bond donors (Lipinski definition) is 2. The number of halogens is 3. The molecule has 2 aromatic rings. The number of ether oxygens (including phenoxy) is 2. The number of carbonyl (C=O) groups excluding carboxylic acids is 1. The van der Waals surface area contributed by atoms with E-state index in [-0.39, 0.29) is 17.6 Å². The molecule has 0 radical (unpaired) electrons. The molecule has 0 aliphatic carbocycles. The zero-order valence-electron chi connectivity index (χ0n) is 19.9. The molecule has 36 heavy (non-hydrogen) atoms. The van der Waals surface area contributed by atoms with Gasteiger partial charge in [-0.05, 0) is 66.6 Å². The van der Waals surface area contributed by atoms with Crippen molar-refractivity contribution in [3.05, 3.63) is 65.7 Å². The molecule has 2 heterocycles. The second-order valence-electron chi connectivity index (χ2n) is 8.94. The fourth-order valence-electron chi connectivity index (χ4n) is 4.57. The number of hydrogen-bond acceptors (Lipinski definition) is 4. The predicted molar refractivity (Wildman–Crippen MR) is 133 cm³/mol. The molecule has 190 valence electrons. The Morgan fingerprint density at radius 1 is 1.14 bits per heavy atom. The van der Waals surface area contributed by atoms with Gasteiger partial charge < -0.3 is 14.8 Å². The van der Waals surface area contributed by atoms with E-state index >= 15 is 0 Å². The van der Waals surface area contributed by atoms with Crippen molar-refractivity contribution in [2.75, 3.05) is 18.5 Å². The Kier molecular flexibility index (Phi) is 7.59. The van der Waals surface area contributed by atoms with E-state index in [0.717, 1.165) is 29.5 Å². The highest BCUT2D eigenvalue weighted by molar-refractivity contribution is 6.14. The summed E-state index contributed by atoms with van der Waals surface area (Å²) in [5.74, 6) is -0.0938. The van der Waals surface area contributed by atoms with Crippen LogP contribution in [0.2, 0.25) is 0 Å². The highest BCUT2D eigenvalue weighted by atomic mass is 19.4. The maximum atomic E-state index is 13.5. The molecule has 4 rings (SSSR count). The van der Waals surface area contributed by atoms with E-state index < -0.39 is 11.8 Å². The van der Waals surface area contributed by atoms with Crippen molar-refractivity contribution in [3.63, 3.8) is 0 Å². The van der Waals surface area contributed by atoms with Crippen molar-refractivity contribution in [1.29, 1.82) is 5.41 Å². The van der Waals surface area contributed by atoms with Gasteiger partial charge in [0.1, 0.15) is 11.6 Å². The third kappa shape index (κ3) is 5.84. The van der Waals surface area contributed by atoms with E-state index in [1.54, 1.807) is 6.21 Å². The fraction of sp³-hybridized carbons (Fsp3) is 0.370. The first-order valence-electron chi connectivity index (χ1n) is 11.9. The van der Waals surface area contributed by atoms with Gasteiger partial charge in [-0.25, -0.2) is 4.99 Å². The topological polar surface area (TPSA) is 83.8 Å².